The monoisotopic (exact) mass is 455 g/mol. The van der Waals surface area contributed by atoms with Crippen molar-refractivity contribution >= 4 is 24.5 Å². The van der Waals surface area contributed by atoms with Crippen molar-refractivity contribution in [3.8, 4) is 0 Å². The lowest BCUT2D eigenvalue weighted by atomic mass is 9.90. The van der Waals surface area contributed by atoms with Crippen LogP contribution >= 0.6 is 12.6 Å². The van der Waals surface area contributed by atoms with Crippen LogP contribution in [0.25, 0.3) is 0 Å². The van der Waals surface area contributed by atoms with E-state index in [0.717, 1.165) is 18.4 Å². The summed E-state index contributed by atoms with van der Waals surface area (Å²) in [4.78, 5) is 31.2. The highest BCUT2D eigenvalue weighted by molar-refractivity contribution is 7.82. The first-order valence-corrected chi connectivity index (χ1v) is 11.2. The van der Waals surface area contributed by atoms with E-state index in [1.54, 1.807) is 0 Å². The zero-order valence-corrected chi connectivity index (χ0v) is 19.6. The number of benzene rings is 1. The number of nitrogens with one attached hydrogen (secondary N) is 1. The van der Waals surface area contributed by atoms with Gasteiger partial charge < -0.3 is 10.2 Å². The van der Waals surface area contributed by atoms with Gasteiger partial charge in [-0.05, 0) is 38.3 Å². The molecule has 0 saturated heterocycles. The molecular weight excluding hydrogens is 418 g/mol. The fourth-order valence-electron chi connectivity index (χ4n) is 3.07. The summed E-state index contributed by atoms with van der Waals surface area (Å²) in [6.07, 6.45) is 2.11. The van der Waals surface area contributed by atoms with E-state index in [9.17, 15) is 19.8 Å². The number of amides is 1. The average Bonchev–Trinajstić information content (AvgIpc) is 2.75. The van der Waals surface area contributed by atoms with Gasteiger partial charge in [0, 0.05) is 6.42 Å². The molecule has 3 atom stereocenters. The number of unbranched alkanes of at least 4 members (excludes halogenated alkanes) is 2. The molecule has 0 aromatic heterocycles. The summed E-state index contributed by atoms with van der Waals surface area (Å²) in [6.45, 7) is 5.85. The van der Waals surface area contributed by atoms with Gasteiger partial charge in [-0.3, -0.25) is 20.7 Å². The van der Waals surface area contributed by atoms with Crippen LogP contribution in [0.15, 0.2) is 30.3 Å². The molecule has 31 heavy (non-hydrogen) atoms. The van der Waals surface area contributed by atoms with Gasteiger partial charge in [-0.25, -0.2) is 4.79 Å². The normalized spacial score (nSPS) is 16.2. The maximum atomic E-state index is 13.1. The van der Waals surface area contributed by atoms with E-state index in [1.807, 2.05) is 44.2 Å². The second-order valence-electron chi connectivity index (χ2n) is 7.79. The molecule has 0 heterocycles. The first kappa shape index (κ1) is 27.4. The van der Waals surface area contributed by atoms with Crippen molar-refractivity contribution in [2.75, 3.05) is 13.2 Å². The second kappa shape index (κ2) is 13.0. The second-order valence-corrected chi connectivity index (χ2v) is 8.72. The van der Waals surface area contributed by atoms with Gasteiger partial charge in [0.15, 0.2) is 0 Å². The smallest absolute Gasteiger partial charge is 0.348 e. The quantitative estimate of drug-likeness (QED) is 0.119. The molecule has 1 unspecified atom stereocenters. The highest BCUT2D eigenvalue weighted by Gasteiger charge is 2.60. The number of hydrogen-bond donors (Lipinski definition) is 5. The van der Waals surface area contributed by atoms with Crippen molar-refractivity contribution in [3.05, 3.63) is 35.9 Å². The number of carboxylic acid groups (broad SMARTS) is 1. The lowest BCUT2D eigenvalue weighted by Crippen LogP contribution is -2.77. The maximum Gasteiger partial charge on any atom is 0.348 e. The Kier molecular flexibility index (Phi) is 11.5. The van der Waals surface area contributed by atoms with Crippen LogP contribution in [0.4, 0.5) is 0 Å². The van der Waals surface area contributed by atoms with E-state index >= 15 is 0 Å². The Balaban J connectivity index is 3.19. The zero-order valence-electron chi connectivity index (χ0n) is 18.7. The predicted molar refractivity (Wildman–Crippen MR) is 123 cm³/mol. The molecule has 0 radical (unpaired) electrons. The molecule has 1 amide bonds. The number of nitrogens with zero attached hydrogens (tertiary/aromatic N) is 1. The summed E-state index contributed by atoms with van der Waals surface area (Å²) in [5.41, 5.74) is 4.83. The number of carbonyl (C=O) groups excluding carboxylic acids is 1. The molecule has 0 fully saturated rings. The van der Waals surface area contributed by atoms with Crippen molar-refractivity contribution in [2.24, 2.45) is 5.73 Å². The molecule has 0 spiro atoms. The lowest BCUT2D eigenvalue weighted by Gasteiger charge is -2.47. The van der Waals surface area contributed by atoms with Crippen molar-refractivity contribution in [3.63, 3.8) is 0 Å². The summed E-state index contributed by atoms with van der Waals surface area (Å²) in [5, 5.41) is 24.2. The van der Waals surface area contributed by atoms with Crippen molar-refractivity contribution < 1.29 is 24.6 Å². The van der Waals surface area contributed by atoms with Gasteiger partial charge in [0.05, 0.1) is 11.4 Å². The number of aliphatic hydroxyl groups is 1. The van der Waals surface area contributed by atoms with Crippen LogP contribution in [0.2, 0.25) is 0 Å². The first-order chi connectivity index (χ1) is 14.6. The fraction of sp³-hybridized carbons (Fsp3) is 0.636. The fourth-order valence-corrected chi connectivity index (χ4v) is 3.35. The molecule has 8 nitrogen and oxygen atoms in total. The Morgan fingerprint density at radius 1 is 1.23 bits per heavy atom. The molecule has 0 aliphatic carbocycles. The average molecular weight is 456 g/mol. The minimum Gasteiger partial charge on any atom is -0.478 e. The van der Waals surface area contributed by atoms with Crippen LogP contribution in [0, 0.1) is 0 Å². The number of aliphatic carboxylic acids is 1. The first-order valence-electron chi connectivity index (χ1n) is 10.8. The summed E-state index contributed by atoms with van der Waals surface area (Å²) in [6, 6.07) is 9.37. The lowest BCUT2D eigenvalue weighted by molar-refractivity contribution is -0.238. The van der Waals surface area contributed by atoms with Gasteiger partial charge in [-0.15, -0.1) is 0 Å². The number of carboxylic acids is 1. The highest BCUT2D eigenvalue weighted by Crippen LogP contribution is 2.34. The Labute approximate surface area is 190 Å². The molecular formula is C22H37N3O5S. The van der Waals surface area contributed by atoms with E-state index < -0.39 is 28.5 Å². The molecule has 5 N–H and O–H groups in total. The van der Waals surface area contributed by atoms with Crippen LogP contribution in [-0.2, 0) is 20.8 Å². The molecule has 1 rings (SSSR count). The summed E-state index contributed by atoms with van der Waals surface area (Å²) in [7, 11) is 0. The molecule has 176 valence electrons. The Morgan fingerprint density at radius 2 is 1.87 bits per heavy atom. The number of hydrogen-bond acceptors (Lipinski definition) is 7. The summed E-state index contributed by atoms with van der Waals surface area (Å²) in [5.74, 6) is -2.11. The van der Waals surface area contributed by atoms with E-state index in [-0.39, 0.29) is 13.0 Å². The van der Waals surface area contributed by atoms with Crippen LogP contribution < -0.4 is 11.1 Å². The van der Waals surface area contributed by atoms with E-state index in [2.05, 4.69) is 17.9 Å². The molecule has 9 heteroatoms. The van der Waals surface area contributed by atoms with Gasteiger partial charge >= 0.3 is 5.97 Å². The molecule has 0 saturated carbocycles. The van der Waals surface area contributed by atoms with Crippen LogP contribution in [0.3, 0.4) is 0 Å². The van der Waals surface area contributed by atoms with Crippen LogP contribution in [0.1, 0.15) is 58.4 Å². The van der Waals surface area contributed by atoms with Gasteiger partial charge in [0.1, 0.15) is 6.23 Å². The van der Waals surface area contributed by atoms with Gasteiger partial charge in [-0.2, -0.15) is 17.7 Å². The highest BCUT2D eigenvalue weighted by atomic mass is 32.1. The number of rotatable bonds is 15. The van der Waals surface area contributed by atoms with Gasteiger partial charge in [-0.1, -0.05) is 57.0 Å². The zero-order chi connectivity index (χ0) is 23.5. The predicted octanol–water partition coefficient (Wildman–Crippen LogP) is 2.32. The van der Waals surface area contributed by atoms with Crippen molar-refractivity contribution in [1.29, 1.82) is 0 Å². The summed E-state index contributed by atoms with van der Waals surface area (Å²) < 4.78 is -1.76. The molecule has 0 aliphatic heterocycles. The van der Waals surface area contributed by atoms with Gasteiger partial charge in [0.2, 0.25) is 11.6 Å². The SMILES string of the molecule is CCCCCON(C(=O)CCc1ccccc1)[C@](N)(C(=O)O)[C@](C)(S)C(O)NCCC. The van der Waals surface area contributed by atoms with Crippen molar-refractivity contribution in [1.82, 2.24) is 10.4 Å². The Bertz CT molecular complexity index is 689. The minimum absolute atomic E-state index is 0.00758. The Hall–Kier alpha value is -1.65. The van der Waals surface area contributed by atoms with E-state index in [4.69, 9.17) is 10.6 Å². The number of aryl methyl sites for hydroxylation is 1. The topological polar surface area (TPSA) is 125 Å². The Morgan fingerprint density at radius 3 is 2.42 bits per heavy atom. The molecule has 0 aliphatic rings. The van der Waals surface area contributed by atoms with E-state index in [0.29, 0.717) is 30.9 Å². The number of thiol groups is 1. The third kappa shape index (κ3) is 7.18. The van der Waals surface area contributed by atoms with Crippen LogP contribution in [-0.4, -0.2) is 56.9 Å². The third-order valence-corrected chi connectivity index (χ3v) is 5.79. The largest absolute Gasteiger partial charge is 0.478 e. The molecule has 1 aromatic rings. The standard InChI is InChI=1S/C22H37N3O5S/c1-4-6-10-16-30-25(18(26)14-13-17-11-8-7-9-12-17)22(23,20(28)29)21(3,31)19(27)24-15-5-2/h7-9,11-12,19,24,27,31H,4-6,10,13-16,23H2,1-3H3,(H,28,29)/t19?,21-,22-/m1/s1. The minimum atomic E-state index is -2.42. The van der Waals surface area contributed by atoms with Crippen molar-refractivity contribution in [2.45, 2.75) is 75.9 Å². The summed E-state index contributed by atoms with van der Waals surface area (Å²) >= 11 is 4.42. The number of carbonyl (C=O) groups is 2. The third-order valence-electron chi connectivity index (χ3n) is 5.20. The van der Waals surface area contributed by atoms with Gasteiger partial charge in [0.25, 0.3) is 0 Å². The number of nitrogens with two attached hydrogens (primary N) is 1. The maximum absolute atomic E-state index is 13.1. The van der Waals surface area contributed by atoms with Crippen LogP contribution in [0.5, 0.6) is 0 Å². The number of aliphatic hydroxyl groups excluding tert-OH is 1. The number of hydroxylamine groups is 2. The molecule has 1 aromatic carbocycles. The van der Waals surface area contributed by atoms with E-state index in [1.165, 1.54) is 6.92 Å². The molecule has 0 bridgehead atoms.